The molecule has 0 radical (unpaired) electrons. The molecule has 1 rings (SSSR count). The average molecular weight is 234 g/mol. The van der Waals surface area contributed by atoms with E-state index < -0.39 is 6.10 Å². The Bertz CT molecular complexity index is 308. The zero-order valence-electron chi connectivity index (χ0n) is 10.5. The molecule has 1 aromatic rings. The Hall–Kier alpha value is -1.12. The van der Waals surface area contributed by atoms with Gasteiger partial charge in [-0.15, -0.1) is 6.58 Å². The summed E-state index contributed by atoms with van der Waals surface area (Å²) in [4.78, 5) is 0. The van der Waals surface area contributed by atoms with E-state index in [9.17, 15) is 5.11 Å². The first-order valence-electron chi connectivity index (χ1n) is 6.22. The molecule has 0 aliphatic carbocycles. The average Bonchev–Trinajstić information content (AvgIpc) is 2.37. The van der Waals surface area contributed by atoms with Crippen molar-refractivity contribution in [3.05, 3.63) is 48.6 Å². The quantitative estimate of drug-likeness (QED) is 0.699. The van der Waals surface area contributed by atoms with Gasteiger partial charge in [-0.25, -0.2) is 0 Å². The summed E-state index contributed by atoms with van der Waals surface area (Å²) in [5.41, 5.74) is 1.17. The molecule has 0 amide bonds. The minimum absolute atomic E-state index is 0.105. The van der Waals surface area contributed by atoms with Crippen molar-refractivity contribution in [2.45, 2.75) is 45.0 Å². The van der Waals surface area contributed by atoms with E-state index in [0.29, 0.717) is 13.0 Å². The van der Waals surface area contributed by atoms with Gasteiger partial charge in [-0.2, -0.15) is 0 Å². The standard InChI is InChI=1S/C15H22O2/c1-3-8-15(11-14(16)4-2)17-12-13-9-6-5-7-10-13/h4-7,9-10,14-16H,2-3,8,11-12H2,1H3/t14?,15-/m0/s1. The zero-order valence-corrected chi connectivity index (χ0v) is 10.5. The summed E-state index contributed by atoms with van der Waals surface area (Å²) >= 11 is 0. The first kappa shape index (κ1) is 13.9. The van der Waals surface area contributed by atoms with Crippen LogP contribution in [0.25, 0.3) is 0 Å². The lowest BCUT2D eigenvalue weighted by Gasteiger charge is -2.19. The topological polar surface area (TPSA) is 29.5 Å². The van der Waals surface area contributed by atoms with Gasteiger partial charge in [0.25, 0.3) is 0 Å². The van der Waals surface area contributed by atoms with Crippen molar-refractivity contribution in [2.24, 2.45) is 0 Å². The third kappa shape index (κ3) is 5.66. The Balaban J connectivity index is 2.41. The molecule has 1 N–H and O–H groups in total. The first-order valence-corrected chi connectivity index (χ1v) is 6.22. The highest BCUT2D eigenvalue weighted by atomic mass is 16.5. The Labute approximate surface area is 104 Å². The van der Waals surface area contributed by atoms with E-state index in [0.717, 1.165) is 12.8 Å². The van der Waals surface area contributed by atoms with E-state index >= 15 is 0 Å². The van der Waals surface area contributed by atoms with Crippen LogP contribution in [0, 0.1) is 0 Å². The molecule has 2 atom stereocenters. The summed E-state index contributed by atoms with van der Waals surface area (Å²) in [5.74, 6) is 0. The molecule has 0 saturated carbocycles. The summed E-state index contributed by atoms with van der Waals surface area (Å²) in [6.45, 7) is 6.32. The smallest absolute Gasteiger partial charge is 0.0743 e. The van der Waals surface area contributed by atoms with Crippen molar-refractivity contribution in [1.82, 2.24) is 0 Å². The fourth-order valence-electron chi connectivity index (χ4n) is 1.75. The number of ether oxygens (including phenoxy) is 1. The van der Waals surface area contributed by atoms with Crippen LogP contribution in [-0.4, -0.2) is 17.3 Å². The van der Waals surface area contributed by atoms with Crippen molar-refractivity contribution in [1.29, 1.82) is 0 Å². The molecule has 0 heterocycles. The predicted molar refractivity (Wildman–Crippen MR) is 70.7 cm³/mol. The molecule has 2 nitrogen and oxygen atoms in total. The van der Waals surface area contributed by atoms with Gasteiger partial charge in [0.2, 0.25) is 0 Å². The molecule has 0 fully saturated rings. The maximum atomic E-state index is 9.55. The second-order valence-corrected chi connectivity index (χ2v) is 4.25. The lowest BCUT2D eigenvalue weighted by Crippen LogP contribution is -2.19. The van der Waals surface area contributed by atoms with E-state index in [1.54, 1.807) is 6.08 Å². The van der Waals surface area contributed by atoms with E-state index in [1.165, 1.54) is 5.56 Å². The molecule has 1 unspecified atom stereocenters. The lowest BCUT2D eigenvalue weighted by molar-refractivity contribution is 0.00794. The molecule has 0 spiro atoms. The largest absolute Gasteiger partial charge is 0.389 e. The fourth-order valence-corrected chi connectivity index (χ4v) is 1.75. The number of aliphatic hydroxyl groups excluding tert-OH is 1. The minimum atomic E-state index is -0.470. The molecule has 0 aliphatic heterocycles. The molecule has 94 valence electrons. The monoisotopic (exact) mass is 234 g/mol. The number of hydrogen-bond acceptors (Lipinski definition) is 2. The van der Waals surface area contributed by atoms with Crippen LogP contribution in [0.4, 0.5) is 0 Å². The molecular weight excluding hydrogens is 212 g/mol. The van der Waals surface area contributed by atoms with Crippen LogP contribution in [0.2, 0.25) is 0 Å². The van der Waals surface area contributed by atoms with Gasteiger partial charge >= 0.3 is 0 Å². The van der Waals surface area contributed by atoms with Crippen molar-refractivity contribution < 1.29 is 9.84 Å². The summed E-state index contributed by atoms with van der Waals surface area (Å²) in [7, 11) is 0. The van der Waals surface area contributed by atoms with Gasteiger partial charge in [-0.1, -0.05) is 49.8 Å². The highest BCUT2D eigenvalue weighted by Crippen LogP contribution is 2.13. The van der Waals surface area contributed by atoms with Gasteiger partial charge in [0.1, 0.15) is 0 Å². The van der Waals surface area contributed by atoms with Gasteiger partial charge in [0, 0.05) is 6.42 Å². The number of hydrogen-bond donors (Lipinski definition) is 1. The molecule has 0 saturated heterocycles. The van der Waals surface area contributed by atoms with Gasteiger partial charge in [-0.05, 0) is 12.0 Å². The molecule has 0 aromatic heterocycles. The van der Waals surface area contributed by atoms with E-state index in [4.69, 9.17) is 4.74 Å². The van der Waals surface area contributed by atoms with Gasteiger partial charge in [-0.3, -0.25) is 0 Å². The first-order chi connectivity index (χ1) is 8.26. The highest BCUT2D eigenvalue weighted by Gasteiger charge is 2.12. The number of benzene rings is 1. The van der Waals surface area contributed by atoms with Crippen LogP contribution in [-0.2, 0) is 11.3 Å². The molecular formula is C15H22O2. The predicted octanol–water partition coefficient (Wildman–Crippen LogP) is 3.31. The van der Waals surface area contributed by atoms with Crippen LogP contribution in [0.3, 0.4) is 0 Å². The van der Waals surface area contributed by atoms with Crippen molar-refractivity contribution in [3.63, 3.8) is 0 Å². The van der Waals surface area contributed by atoms with E-state index in [1.807, 2.05) is 30.3 Å². The van der Waals surface area contributed by atoms with E-state index in [-0.39, 0.29) is 6.10 Å². The highest BCUT2D eigenvalue weighted by molar-refractivity contribution is 5.13. The maximum absolute atomic E-state index is 9.55. The lowest BCUT2D eigenvalue weighted by atomic mass is 10.1. The van der Waals surface area contributed by atoms with Crippen molar-refractivity contribution in [3.8, 4) is 0 Å². The Morgan fingerprint density at radius 2 is 2.06 bits per heavy atom. The number of aliphatic hydroxyl groups is 1. The number of rotatable bonds is 8. The zero-order chi connectivity index (χ0) is 12.5. The van der Waals surface area contributed by atoms with Gasteiger partial charge < -0.3 is 9.84 Å². The van der Waals surface area contributed by atoms with Crippen LogP contribution in [0.5, 0.6) is 0 Å². The third-order valence-electron chi connectivity index (χ3n) is 2.72. The second kappa shape index (κ2) is 8.04. The third-order valence-corrected chi connectivity index (χ3v) is 2.72. The summed E-state index contributed by atoms with van der Waals surface area (Å²) < 4.78 is 5.83. The summed E-state index contributed by atoms with van der Waals surface area (Å²) in [6.07, 6.45) is 3.86. The van der Waals surface area contributed by atoms with Gasteiger partial charge in [0.05, 0.1) is 18.8 Å². The van der Waals surface area contributed by atoms with Crippen LogP contribution in [0.1, 0.15) is 31.7 Å². The SMILES string of the molecule is C=CC(O)C[C@H](CCC)OCc1ccccc1. The summed E-state index contributed by atoms with van der Waals surface area (Å²) in [5, 5.41) is 9.55. The van der Waals surface area contributed by atoms with Crippen molar-refractivity contribution in [2.75, 3.05) is 0 Å². The fraction of sp³-hybridized carbons (Fsp3) is 0.467. The van der Waals surface area contributed by atoms with Crippen LogP contribution in [0.15, 0.2) is 43.0 Å². The molecule has 0 bridgehead atoms. The molecule has 17 heavy (non-hydrogen) atoms. The summed E-state index contributed by atoms with van der Waals surface area (Å²) in [6, 6.07) is 10.1. The van der Waals surface area contributed by atoms with Crippen molar-refractivity contribution >= 4 is 0 Å². The Morgan fingerprint density at radius 1 is 1.35 bits per heavy atom. The normalized spacial score (nSPS) is 14.2. The molecule has 0 aliphatic rings. The van der Waals surface area contributed by atoms with Gasteiger partial charge in [0.15, 0.2) is 0 Å². The second-order valence-electron chi connectivity index (χ2n) is 4.25. The van der Waals surface area contributed by atoms with Crippen LogP contribution >= 0.6 is 0 Å². The van der Waals surface area contributed by atoms with Crippen LogP contribution < -0.4 is 0 Å². The molecule has 2 heteroatoms. The minimum Gasteiger partial charge on any atom is -0.389 e. The Kier molecular flexibility index (Phi) is 6.60. The Morgan fingerprint density at radius 3 is 2.65 bits per heavy atom. The molecule has 1 aromatic carbocycles. The maximum Gasteiger partial charge on any atom is 0.0743 e. The van der Waals surface area contributed by atoms with E-state index in [2.05, 4.69) is 13.5 Å².